The highest BCUT2D eigenvalue weighted by atomic mass is 16.5. The average molecular weight is 241 g/mol. The normalized spacial score (nSPS) is 12.5. The van der Waals surface area contributed by atoms with Crippen molar-refractivity contribution in [1.29, 1.82) is 0 Å². The van der Waals surface area contributed by atoms with Crippen molar-refractivity contribution in [2.45, 2.75) is 33.4 Å². The molecule has 0 aliphatic rings. The Labute approximate surface area is 101 Å². The summed E-state index contributed by atoms with van der Waals surface area (Å²) >= 11 is 0. The summed E-state index contributed by atoms with van der Waals surface area (Å²) < 4.78 is 11.4. The van der Waals surface area contributed by atoms with Gasteiger partial charge in [-0.25, -0.2) is 9.48 Å². The molecule has 0 amide bonds. The fraction of sp³-hybridized carbons (Fsp3) is 0.727. The molecule has 96 valence electrons. The van der Waals surface area contributed by atoms with Crippen LogP contribution >= 0.6 is 0 Å². The lowest BCUT2D eigenvalue weighted by Gasteiger charge is -2.10. The van der Waals surface area contributed by atoms with Gasteiger partial charge in [-0.05, 0) is 5.92 Å². The van der Waals surface area contributed by atoms with E-state index < -0.39 is 5.97 Å². The van der Waals surface area contributed by atoms with E-state index in [0.717, 1.165) is 13.0 Å². The molecule has 1 atom stereocenters. The van der Waals surface area contributed by atoms with Crippen LogP contribution in [0.4, 0.5) is 0 Å². The molecular weight excluding hydrogens is 222 g/mol. The Balaban J connectivity index is 2.97. The van der Waals surface area contributed by atoms with Crippen molar-refractivity contribution in [1.82, 2.24) is 15.0 Å². The molecule has 1 aromatic heterocycles. The Morgan fingerprint density at radius 2 is 2.18 bits per heavy atom. The second-order valence-electron chi connectivity index (χ2n) is 4.00. The zero-order chi connectivity index (χ0) is 12.8. The summed E-state index contributed by atoms with van der Waals surface area (Å²) in [5.74, 6) is -0.00902. The Hall–Kier alpha value is -1.43. The highest BCUT2D eigenvalue weighted by Crippen LogP contribution is 2.12. The Morgan fingerprint density at radius 1 is 1.47 bits per heavy atom. The molecular formula is C11H19N3O3. The lowest BCUT2D eigenvalue weighted by atomic mass is 10.1. The van der Waals surface area contributed by atoms with Gasteiger partial charge in [-0.15, -0.1) is 5.10 Å². The van der Waals surface area contributed by atoms with Crippen molar-refractivity contribution < 1.29 is 14.3 Å². The highest BCUT2D eigenvalue weighted by Gasteiger charge is 2.20. The van der Waals surface area contributed by atoms with Gasteiger partial charge in [-0.1, -0.05) is 25.5 Å². The summed E-state index contributed by atoms with van der Waals surface area (Å²) in [6.07, 6.45) is 1.04. The molecule has 0 fully saturated rings. The van der Waals surface area contributed by atoms with Gasteiger partial charge in [-0.2, -0.15) is 0 Å². The Morgan fingerprint density at radius 3 is 2.71 bits per heavy atom. The summed E-state index contributed by atoms with van der Waals surface area (Å²) in [6.45, 7) is 5.25. The predicted octanol–water partition coefficient (Wildman–Crippen LogP) is 1.26. The van der Waals surface area contributed by atoms with Crippen molar-refractivity contribution in [3.05, 3.63) is 11.4 Å². The van der Waals surface area contributed by atoms with Crippen molar-refractivity contribution in [3.63, 3.8) is 0 Å². The summed E-state index contributed by atoms with van der Waals surface area (Å²) in [6, 6.07) is 0. The number of methoxy groups -OCH3 is 2. The number of nitrogens with zero attached hydrogens (tertiary/aromatic N) is 3. The fourth-order valence-corrected chi connectivity index (χ4v) is 1.44. The Kier molecular flexibility index (Phi) is 5.09. The minimum Gasteiger partial charge on any atom is -0.464 e. The van der Waals surface area contributed by atoms with E-state index in [-0.39, 0.29) is 5.69 Å². The monoisotopic (exact) mass is 241 g/mol. The van der Waals surface area contributed by atoms with Crippen LogP contribution in [0, 0.1) is 5.92 Å². The standard InChI is InChI=1S/C11H19N3O3/c1-5-8(2)6-14-9(7-16-3)10(12-13-14)11(15)17-4/h8H,5-7H2,1-4H3. The first-order valence-corrected chi connectivity index (χ1v) is 5.63. The molecule has 0 aliphatic carbocycles. The van der Waals surface area contributed by atoms with E-state index in [2.05, 4.69) is 28.9 Å². The van der Waals surface area contributed by atoms with E-state index in [9.17, 15) is 4.79 Å². The van der Waals surface area contributed by atoms with Gasteiger partial charge in [0, 0.05) is 13.7 Å². The zero-order valence-electron chi connectivity index (χ0n) is 10.8. The number of ether oxygens (including phenoxy) is 2. The maximum Gasteiger partial charge on any atom is 0.360 e. The summed E-state index contributed by atoms with van der Waals surface area (Å²) in [5, 5.41) is 7.83. The fourth-order valence-electron chi connectivity index (χ4n) is 1.44. The molecule has 6 heteroatoms. The van der Waals surface area contributed by atoms with E-state index in [4.69, 9.17) is 4.74 Å². The smallest absolute Gasteiger partial charge is 0.360 e. The number of esters is 1. The first-order chi connectivity index (χ1) is 8.13. The van der Waals surface area contributed by atoms with Crippen LogP contribution in [0.15, 0.2) is 0 Å². The third kappa shape index (κ3) is 3.26. The van der Waals surface area contributed by atoms with Gasteiger partial charge >= 0.3 is 5.97 Å². The molecule has 6 nitrogen and oxygen atoms in total. The van der Waals surface area contributed by atoms with Gasteiger partial charge in [0.15, 0.2) is 5.69 Å². The molecule has 0 saturated heterocycles. The van der Waals surface area contributed by atoms with Crippen molar-refractivity contribution in [2.75, 3.05) is 14.2 Å². The molecule has 0 aliphatic heterocycles. The molecule has 1 aromatic rings. The first-order valence-electron chi connectivity index (χ1n) is 5.63. The molecule has 0 N–H and O–H groups in total. The molecule has 0 aromatic carbocycles. The van der Waals surface area contributed by atoms with Crippen LogP contribution in [0.2, 0.25) is 0 Å². The van der Waals surface area contributed by atoms with Crippen LogP contribution in [0.1, 0.15) is 36.5 Å². The van der Waals surface area contributed by atoms with Crippen LogP contribution in [0.5, 0.6) is 0 Å². The third-order valence-corrected chi connectivity index (χ3v) is 2.68. The van der Waals surface area contributed by atoms with Gasteiger partial charge in [0.2, 0.25) is 0 Å². The van der Waals surface area contributed by atoms with Gasteiger partial charge in [0.05, 0.1) is 19.4 Å². The van der Waals surface area contributed by atoms with Gasteiger partial charge in [-0.3, -0.25) is 0 Å². The van der Waals surface area contributed by atoms with Crippen molar-refractivity contribution in [2.24, 2.45) is 5.92 Å². The van der Waals surface area contributed by atoms with Crippen LogP contribution in [-0.4, -0.2) is 35.2 Å². The lowest BCUT2D eigenvalue weighted by molar-refractivity contribution is 0.0588. The topological polar surface area (TPSA) is 66.2 Å². The van der Waals surface area contributed by atoms with E-state index in [1.54, 1.807) is 11.8 Å². The van der Waals surface area contributed by atoms with Crippen LogP contribution in [0.3, 0.4) is 0 Å². The number of aromatic nitrogens is 3. The summed E-state index contributed by atoms with van der Waals surface area (Å²) in [5.41, 5.74) is 0.900. The SMILES string of the molecule is CCC(C)Cn1nnc(C(=O)OC)c1COC. The second kappa shape index (κ2) is 6.34. The molecule has 0 bridgehead atoms. The maximum atomic E-state index is 11.5. The number of hydrogen-bond donors (Lipinski definition) is 0. The second-order valence-corrected chi connectivity index (χ2v) is 4.00. The highest BCUT2D eigenvalue weighted by molar-refractivity contribution is 5.88. The van der Waals surface area contributed by atoms with Crippen LogP contribution in [0.25, 0.3) is 0 Å². The number of carbonyl (C=O) groups excluding carboxylic acids is 1. The third-order valence-electron chi connectivity index (χ3n) is 2.68. The van der Waals surface area contributed by atoms with E-state index in [0.29, 0.717) is 18.2 Å². The van der Waals surface area contributed by atoms with Gasteiger partial charge in [0.25, 0.3) is 0 Å². The lowest BCUT2D eigenvalue weighted by Crippen LogP contribution is -2.14. The molecule has 1 rings (SSSR count). The molecule has 1 unspecified atom stereocenters. The van der Waals surface area contributed by atoms with Crippen molar-refractivity contribution >= 4 is 5.97 Å². The van der Waals surface area contributed by atoms with Crippen molar-refractivity contribution in [3.8, 4) is 0 Å². The average Bonchev–Trinajstić information content (AvgIpc) is 2.72. The summed E-state index contributed by atoms with van der Waals surface area (Å²) in [7, 11) is 2.90. The van der Waals surface area contributed by atoms with E-state index in [1.165, 1.54) is 7.11 Å². The zero-order valence-corrected chi connectivity index (χ0v) is 10.8. The quantitative estimate of drug-likeness (QED) is 0.701. The number of carbonyl (C=O) groups is 1. The summed E-state index contributed by atoms with van der Waals surface area (Å²) in [4.78, 5) is 11.5. The molecule has 0 radical (unpaired) electrons. The van der Waals surface area contributed by atoms with E-state index in [1.807, 2.05) is 0 Å². The largest absolute Gasteiger partial charge is 0.464 e. The minimum absolute atomic E-state index is 0.234. The number of rotatable bonds is 6. The van der Waals surface area contributed by atoms with Gasteiger partial charge < -0.3 is 9.47 Å². The number of hydrogen-bond acceptors (Lipinski definition) is 5. The van der Waals surface area contributed by atoms with Crippen LogP contribution < -0.4 is 0 Å². The predicted molar refractivity (Wildman–Crippen MR) is 61.5 cm³/mol. The first kappa shape index (κ1) is 13.6. The Bertz CT molecular complexity index is 376. The maximum absolute atomic E-state index is 11.5. The molecule has 0 saturated carbocycles. The molecule has 17 heavy (non-hydrogen) atoms. The minimum atomic E-state index is -0.479. The molecule has 0 spiro atoms. The van der Waals surface area contributed by atoms with Crippen LogP contribution in [-0.2, 0) is 22.6 Å². The molecule has 1 heterocycles. The van der Waals surface area contributed by atoms with E-state index >= 15 is 0 Å². The van der Waals surface area contributed by atoms with Gasteiger partial charge in [0.1, 0.15) is 0 Å².